The average molecular weight is 336 g/mol. The highest BCUT2D eigenvalue weighted by Gasteiger charge is 2.50. The van der Waals surface area contributed by atoms with Crippen LogP contribution in [0.5, 0.6) is 0 Å². The fraction of sp³-hybridized carbons (Fsp3) is 0.381. The van der Waals surface area contributed by atoms with Crippen molar-refractivity contribution in [1.29, 1.82) is 0 Å². The zero-order valence-electron chi connectivity index (χ0n) is 14.5. The normalized spacial score (nSPS) is 28.7. The van der Waals surface area contributed by atoms with Crippen LogP contribution in [0.4, 0.5) is 5.69 Å². The summed E-state index contributed by atoms with van der Waals surface area (Å²) in [6.45, 7) is 0. The van der Waals surface area contributed by atoms with Crippen molar-refractivity contribution in [3.8, 4) is 0 Å². The lowest BCUT2D eigenvalue weighted by atomic mass is 9.80. The molecule has 25 heavy (non-hydrogen) atoms. The average Bonchev–Trinajstić information content (AvgIpc) is 2.82. The molecule has 0 spiro atoms. The number of anilines is 1. The number of rotatable bonds is 4. The van der Waals surface area contributed by atoms with E-state index < -0.39 is 5.97 Å². The lowest BCUT2D eigenvalue weighted by molar-refractivity contribution is 0.0696. The Morgan fingerprint density at radius 2 is 2.00 bits per heavy atom. The second-order valence-electron chi connectivity index (χ2n) is 7.37. The smallest absolute Gasteiger partial charge is 0.335 e. The maximum atomic E-state index is 11.2. The van der Waals surface area contributed by atoms with E-state index in [9.17, 15) is 9.90 Å². The molecular formula is C21H24N2O2. The summed E-state index contributed by atoms with van der Waals surface area (Å²) in [5.74, 6) is -0.882. The third-order valence-corrected chi connectivity index (χ3v) is 6.05. The van der Waals surface area contributed by atoms with Crippen LogP contribution in [0.1, 0.15) is 41.6 Å². The number of carboxylic acid groups (broad SMARTS) is 1. The Morgan fingerprint density at radius 3 is 2.76 bits per heavy atom. The summed E-state index contributed by atoms with van der Waals surface area (Å²) in [6.07, 6.45) is 4.55. The number of carboxylic acids is 1. The molecule has 2 aromatic rings. The van der Waals surface area contributed by atoms with Crippen LogP contribution in [0.15, 0.2) is 54.6 Å². The first-order chi connectivity index (χ1) is 12.1. The largest absolute Gasteiger partial charge is 0.478 e. The molecule has 2 fully saturated rings. The van der Waals surface area contributed by atoms with Crippen molar-refractivity contribution in [2.45, 2.75) is 43.3 Å². The molecule has 0 radical (unpaired) electrons. The molecule has 0 amide bonds. The van der Waals surface area contributed by atoms with Crippen molar-refractivity contribution in [1.82, 2.24) is 4.90 Å². The van der Waals surface area contributed by atoms with Crippen LogP contribution in [-0.2, 0) is 5.54 Å². The number of hydrogen-bond acceptors (Lipinski definition) is 3. The van der Waals surface area contributed by atoms with Crippen LogP contribution in [0.3, 0.4) is 0 Å². The Labute approximate surface area is 148 Å². The lowest BCUT2D eigenvalue weighted by Crippen LogP contribution is -2.51. The molecule has 0 aliphatic carbocycles. The standard InChI is InChI=1S/C21H24N2O2/c1-23-19-10-11-21(23,16-7-3-2-4-8-16)14-18(13-19)22-17-9-5-6-15(12-17)20(24)25/h2-9,12,18-19,22H,10-11,13-14H2,1H3,(H,24,25). The van der Waals surface area contributed by atoms with Crippen LogP contribution in [0, 0.1) is 0 Å². The summed E-state index contributed by atoms with van der Waals surface area (Å²) in [5, 5.41) is 12.8. The molecule has 4 nitrogen and oxygen atoms in total. The molecule has 3 atom stereocenters. The molecule has 2 bridgehead atoms. The molecule has 0 aromatic heterocycles. The topological polar surface area (TPSA) is 52.6 Å². The van der Waals surface area contributed by atoms with Gasteiger partial charge in [-0.05, 0) is 56.5 Å². The Morgan fingerprint density at radius 1 is 1.20 bits per heavy atom. The minimum absolute atomic E-state index is 0.0895. The maximum Gasteiger partial charge on any atom is 0.335 e. The number of aromatic carboxylic acids is 1. The van der Waals surface area contributed by atoms with E-state index in [0.717, 1.165) is 18.5 Å². The van der Waals surface area contributed by atoms with Gasteiger partial charge in [0, 0.05) is 23.3 Å². The predicted octanol–water partition coefficient (Wildman–Crippen LogP) is 3.95. The summed E-state index contributed by atoms with van der Waals surface area (Å²) in [6, 6.07) is 18.9. The van der Waals surface area contributed by atoms with Gasteiger partial charge in [0.2, 0.25) is 0 Å². The fourth-order valence-corrected chi connectivity index (χ4v) is 4.77. The molecule has 2 aliphatic heterocycles. The van der Waals surface area contributed by atoms with E-state index in [-0.39, 0.29) is 5.54 Å². The van der Waals surface area contributed by atoms with Gasteiger partial charge in [0.15, 0.2) is 0 Å². The van der Waals surface area contributed by atoms with Gasteiger partial charge in [0.25, 0.3) is 0 Å². The van der Waals surface area contributed by atoms with E-state index in [2.05, 4.69) is 47.6 Å². The first-order valence-electron chi connectivity index (χ1n) is 8.97. The summed E-state index contributed by atoms with van der Waals surface area (Å²) >= 11 is 0. The molecule has 0 saturated carbocycles. The van der Waals surface area contributed by atoms with Crippen LogP contribution in [0.25, 0.3) is 0 Å². The molecule has 130 valence electrons. The van der Waals surface area contributed by atoms with Gasteiger partial charge in [-0.3, -0.25) is 4.90 Å². The number of piperidine rings is 1. The van der Waals surface area contributed by atoms with Gasteiger partial charge in [-0.15, -0.1) is 0 Å². The van der Waals surface area contributed by atoms with Crippen molar-refractivity contribution in [2.75, 3.05) is 12.4 Å². The molecule has 2 N–H and O–H groups in total. The molecule has 2 aromatic carbocycles. The van der Waals surface area contributed by atoms with Gasteiger partial charge in [-0.25, -0.2) is 4.79 Å². The second kappa shape index (κ2) is 6.19. The number of nitrogens with zero attached hydrogens (tertiary/aromatic N) is 1. The maximum absolute atomic E-state index is 11.2. The highest BCUT2D eigenvalue weighted by atomic mass is 16.4. The molecular weight excluding hydrogens is 312 g/mol. The Hall–Kier alpha value is -2.33. The predicted molar refractivity (Wildman–Crippen MR) is 99.0 cm³/mol. The van der Waals surface area contributed by atoms with Crippen LogP contribution in [0.2, 0.25) is 0 Å². The van der Waals surface area contributed by atoms with Gasteiger partial charge in [-0.1, -0.05) is 36.4 Å². The van der Waals surface area contributed by atoms with E-state index in [4.69, 9.17) is 0 Å². The van der Waals surface area contributed by atoms with Crippen molar-refractivity contribution in [3.63, 3.8) is 0 Å². The second-order valence-corrected chi connectivity index (χ2v) is 7.37. The third kappa shape index (κ3) is 2.81. The Bertz CT molecular complexity index is 776. The van der Waals surface area contributed by atoms with E-state index in [1.165, 1.54) is 18.4 Å². The fourth-order valence-electron chi connectivity index (χ4n) is 4.77. The first-order valence-corrected chi connectivity index (χ1v) is 8.97. The van der Waals surface area contributed by atoms with Crippen molar-refractivity contribution >= 4 is 11.7 Å². The summed E-state index contributed by atoms with van der Waals surface area (Å²) in [4.78, 5) is 13.8. The number of benzene rings is 2. The number of hydrogen-bond donors (Lipinski definition) is 2. The zero-order chi connectivity index (χ0) is 17.4. The minimum atomic E-state index is -0.882. The lowest BCUT2D eigenvalue weighted by Gasteiger charge is -2.46. The number of fused-ring (bicyclic) bond motifs is 2. The quantitative estimate of drug-likeness (QED) is 0.888. The van der Waals surface area contributed by atoms with Gasteiger partial charge in [0.1, 0.15) is 0 Å². The summed E-state index contributed by atoms with van der Waals surface area (Å²) < 4.78 is 0. The van der Waals surface area contributed by atoms with Crippen LogP contribution >= 0.6 is 0 Å². The Balaban J connectivity index is 1.59. The van der Waals surface area contributed by atoms with Gasteiger partial charge < -0.3 is 10.4 Å². The van der Waals surface area contributed by atoms with Gasteiger partial charge in [-0.2, -0.15) is 0 Å². The summed E-state index contributed by atoms with van der Waals surface area (Å²) in [7, 11) is 2.26. The molecule has 4 heteroatoms. The third-order valence-electron chi connectivity index (χ3n) is 6.05. The molecule has 4 rings (SSSR count). The van der Waals surface area contributed by atoms with Crippen LogP contribution in [-0.4, -0.2) is 35.1 Å². The first kappa shape index (κ1) is 16.2. The minimum Gasteiger partial charge on any atom is -0.478 e. The summed E-state index contributed by atoms with van der Waals surface area (Å²) in [5.41, 5.74) is 2.72. The monoisotopic (exact) mass is 336 g/mol. The molecule has 3 unspecified atom stereocenters. The van der Waals surface area contributed by atoms with Crippen molar-refractivity contribution in [3.05, 3.63) is 65.7 Å². The molecule has 2 saturated heterocycles. The van der Waals surface area contributed by atoms with E-state index in [1.807, 2.05) is 12.1 Å². The highest BCUT2D eigenvalue weighted by molar-refractivity contribution is 5.88. The highest BCUT2D eigenvalue weighted by Crippen LogP contribution is 2.50. The van der Waals surface area contributed by atoms with E-state index >= 15 is 0 Å². The molecule has 2 aliphatic rings. The zero-order valence-corrected chi connectivity index (χ0v) is 14.5. The van der Waals surface area contributed by atoms with Gasteiger partial charge in [0.05, 0.1) is 5.56 Å². The molecule has 2 heterocycles. The van der Waals surface area contributed by atoms with Crippen molar-refractivity contribution in [2.24, 2.45) is 0 Å². The van der Waals surface area contributed by atoms with E-state index in [0.29, 0.717) is 17.6 Å². The number of nitrogens with one attached hydrogen (secondary N) is 1. The SMILES string of the molecule is CN1C2CCC1(c1ccccc1)CC(Nc1cccc(C(=O)O)c1)C2. The van der Waals surface area contributed by atoms with Crippen LogP contribution < -0.4 is 5.32 Å². The number of carbonyl (C=O) groups is 1. The van der Waals surface area contributed by atoms with Gasteiger partial charge >= 0.3 is 5.97 Å². The Kier molecular flexibility index (Phi) is 4.00. The van der Waals surface area contributed by atoms with E-state index in [1.54, 1.807) is 12.1 Å². The van der Waals surface area contributed by atoms with Crippen molar-refractivity contribution < 1.29 is 9.90 Å².